The summed E-state index contributed by atoms with van der Waals surface area (Å²) in [5.41, 5.74) is 2.71. The Hall–Kier alpha value is -5.22. The molecule has 10 nitrogen and oxygen atoms in total. The van der Waals surface area contributed by atoms with Crippen LogP contribution in [0.2, 0.25) is 0 Å². The lowest BCUT2D eigenvalue weighted by Crippen LogP contribution is -2.46. The summed E-state index contributed by atoms with van der Waals surface area (Å²) in [5, 5.41) is 13.2. The number of epoxide rings is 1. The number of carbonyl (C=O) groups is 4. The van der Waals surface area contributed by atoms with Crippen LogP contribution in [0.1, 0.15) is 36.8 Å². The molecule has 0 bridgehead atoms. The lowest BCUT2D eigenvalue weighted by atomic mass is 10.1. The summed E-state index contributed by atoms with van der Waals surface area (Å²) in [5.74, 6) is -1.25. The molecule has 3 atom stereocenters. The van der Waals surface area contributed by atoms with Crippen LogP contribution in [-0.2, 0) is 36.9 Å². The van der Waals surface area contributed by atoms with Crippen LogP contribution in [0.3, 0.4) is 0 Å². The second-order valence-corrected chi connectivity index (χ2v) is 11.4. The Morgan fingerprint density at radius 3 is 2.13 bits per heavy atom. The smallest absolute Gasteiger partial charge is 0.407 e. The first-order valence-electron chi connectivity index (χ1n) is 16.0. The van der Waals surface area contributed by atoms with E-state index in [4.69, 9.17) is 9.47 Å². The number of amides is 4. The highest BCUT2D eigenvalue weighted by Crippen LogP contribution is 2.25. The maximum absolute atomic E-state index is 13.5. The maximum Gasteiger partial charge on any atom is 0.407 e. The number of aryl methyl sites for hydroxylation is 1. The van der Waals surface area contributed by atoms with Crippen molar-refractivity contribution in [2.75, 3.05) is 18.4 Å². The fourth-order valence-corrected chi connectivity index (χ4v) is 5.28. The Bertz CT molecular complexity index is 1640. The number of hydrogen-bond acceptors (Lipinski definition) is 6. The highest BCUT2D eigenvalue weighted by atomic mass is 16.6. The molecule has 1 aliphatic rings. The van der Waals surface area contributed by atoms with Crippen molar-refractivity contribution in [2.24, 2.45) is 0 Å². The molecular formula is C37H40N4O6. The van der Waals surface area contributed by atoms with E-state index in [1.165, 1.54) is 5.56 Å². The monoisotopic (exact) mass is 636 g/mol. The second-order valence-electron chi connectivity index (χ2n) is 11.4. The van der Waals surface area contributed by atoms with Gasteiger partial charge >= 0.3 is 6.09 Å². The molecule has 0 spiro atoms. The van der Waals surface area contributed by atoms with Crippen molar-refractivity contribution in [2.45, 2.75) is 57.0 Å². The van der Waals surface area contributed by atoms with Gasteiger partial charge in [-0.05, 0) is 54.7 Å². The van der Waals surface area contributed by atoms with Crippen LogP contribution in [0, 0.1) is 0 Å². The first-order valence-corrected chi connectivity index (χ1v) is 16.0. The second kappa shape index (κ2) is 16.9. The molecule has 4 aromatic rings. The molecule has 0 aliphatic carbocycles. The van der Waals surface area contributed by atoms with Crippen molar-refractivity contribution in [3.05, 3.63) is 114 Å². The number of benzene rings is 4. The number of ether oxygens (including phenoxy) is 2. The van der Waals surface area contributed by atoms with E-state index in [1.54, 1.807) is 0 Å². The maximum atomic E-state index is 13.5. The van der Waals surface area contributed by atoms with Gasteiger partial charge in [-0.2, -0.15) is 0 Å². The van der Waals surface area contributed by atoms with Gasteiger partial charge in [0.2, 0.25) is 5.91 Å². The first-order chi connectivity index (χ1) is 23.0. The van der Waals surface area contributed by atoms with Crippen molar-refractivity contribution in [1.29, 1.82) is 0 Å². The third-order valence-electron chi connectivity index (χ3n) is 7.87. The quantitative estimate of drug-likeness (QED) is 0.102. The van der Waals surface area contributed by atoms with Crippen LogP contribution < -0.4 is 21.3 Å². The van der Waals surface area contributed by atoms with E-state index in [0.29, 0.717) is 38.0 Å². The molecule has 0 saturated carbocycles. The number of unbranched alkanes of at least 4 members (excludes halogenated alkanes) is 1. The Balaban J connectivity index is 1.10. The SMILES string of the molecule is O=C(NCCCC[C@H](NC(=O)[C@H]1O[C@@H]1C(=O)NCCCc1ccccc1)C(=O)Nc1cccc2ccccc12)OCc1ccccc1. The van der Waals surface area contributed by atoms with Gasteiger partial charge in [-0.15, -0.1) is 0 Å². The Morgan fingerprint density at radius 1 is 0.681 bits per heavy atom. The third kappa shape index (κ3) is 10.1. The zero-order valence-electron chi connectivity index (χ0n) is 26.2. The summed E-state index contributed by atoms with van der Waals surface area (Å²) in [4.78, 5) is 51.3. The minimum absolute atomic E-state index is 0.172. The molecule has 244 valence electrons. The summed E-state index contributed by atoms with van der Waals surface area (Å²) in [7, 11) is 0. The number of hydrogen-bond donors (Lipinski definition) is 4. The minimum atomic E-state index is -0.960. The highest BCUT2D eigenvalue weighted by molar-refractivity contribution is 6.05. The minimum Gasteiger partial charge on any atom is -0.445 e. The van der Waals surface area contributed by atoms with Crippen molar-refractivity contribution >= 4 is 40.3 Å². The Labute approximate surface area is 274 Å². The zero-order chi connectivity index (χ0) is 32.8. The van der Waals surface area contributed by atoms with E-state index < -0.39 is 30.3 Å². The molecule has 4 amide bonds. The number of anilines is 1. The van der Waals surface area contributed by atoms with Gasteiger partial charge in [0.05, 0.1) is 0 Å². The van der Waals surface area contributed by atoms with Gasteiger partial charge in [-0.3, -0.25) is 14.4 Å². The molecule has 5 rings (SSSR count). The van der Waals surface area contributed by atoms with Crippen LogP contribution in [0.25, 0.3) is 10.8 Å². The summed E-state index contributed by atoms with van der Waals surface area (Å²) < 4.78 is 10.7. The number of fused-ring (bicyclic) bond motifs is 1. The molecule has 0 radical (unpaired) electrons. The van der Waals surface area contributed by atoms with E-state index in [9.17, 15) is 19.2 Å². The predicted molar refractivity (Wildman–Crippen MR) is 179 cm³/mol. The average molecular weight is 637 g/mol. The van der Waals surface area contributed by atoms with E-state index in [-0.39, 0.29) is 18.4 Å². The van der Waals surface area contributed by atoms with E-state index in [2.05, 4.69) is 21.3 Å². The fraction of sp³-hybridized carbons (Fsp3) is 0.297. The van der Waals surface area contributed by atoms with Gasteiger partial charge in [0.1, 0.15) is 12.6 Å². The Kier molecular flexibility index (Phi) is 11.9. The molecule has 0 unspecified atom stereocenters. The molecule has 4 aromatic carbocycles. The summed E-state index contributed by atoms with van der Waals surface area (Å²) in [6.07, 6.45) is 0.613. The van der Waals surface area contributed by atoms with Gasteiger partial charge in [-0.1, -0.05) is 97.1 Å². The van der Waals surface area contributed by atoms with Gasteiger partial charge in [0.25, 0.3) is 11.8 Å². The predicted octanol–water partition coefficient (Wildman–Crippen LogP) is 4.88. The first kappa shape index (κ1) is 33.2. The topological polar surface area (TPSA) is 138 Å². The third-order valence-corrected chi connectivity index (χ3v) is 7.87. The molecule has 1 fully saturated rings. The number of rotatable bonds is 16. The fourth-order valence-electron chi connectivity index (χ4n) is 5.28. The number of carbonyl (C=O) groups excluding carboxylic acids is 4. The van der Waals surface area contributed by atoms with Crippen molar-refractivity contribution < 1.29 is 28.7 Å². The van der Waals surface area contributed by atoms with Crippen molar-refractivity contribution in [1.82, 2.24) is 16.0 Å². The molecule has 47 heavy (non-hydrogen) atoms. The summed E-state index contributed by atoms with van der Waals surface area (Å²) >= 11 is 0. The highest BCUT2D eigenvalue weighted by Gasteiger charge is 2.50. The van der Waals surface area contributed by atoms with Crippen LogP contribution in [-0.4, -0.2) is 55.2 Å². The molecule has 4 N–H and O–H groups in total. The molecular weight excluding hydrogens is 596 g/mol. The van der Waals surface area contributed by atoms with Crippen LogP contribution in [0.15, 0.2) is 103 Å². The summed E-state index contributed by atoms with van der Waals surface area (Å²) in [6, 6.07) is 31.8. The molecule has 1 heterocycles. The zero-order valence-corrected chi connectivity index (χ0v) is 26.2. The van der Waals surface area contributed by atoms with Crippen LogP contribution in [0.5, 0.6) is 0 Å². The van der Waals surface area contributed by atoms with Gasteiger partial charge in [0, 0.05) is 24.2 Å². The molecule has 0 aromatic heterocycles. The van der Waals surface area contributed by atoms with Crippen LogP contribution in [0.4, 0.5) is 10.5 Å². The van der Waals surface area contributed by atoms with Gasteiger partial charge in [-0.25, -0.2) is 4.79 Å². The van der Waals surface area contributed by atoms with Crippen LogP contribution >= 0.6 is 0 Å². The van der Waals surface area contributed by atoms with E-state index in [0.717, 1.165) is 29.2 Å². The van der Waals surface area contributed by atoms with Crippen molar-refractivity contribution in [3.63, 3.8) is 0 Å². The number of nitrogens with one attached hydrogen (secondary N) is 4. The molecule has 1 aliphatic heterocycles. The van der Waals surface area contributed by atoms with Crippen molar-refractivity contribution in [3.8, 4) is 0 Å². The average Bonchev–Trinajstić information content (AvgIpc) is 3.91. The largest absolute Gasteiger partial charge is 0.445 e. The standard InChI is InChI=1S/C37H40N4O6/c42-34(40-30-22-11-19-28-18-7-8-20-29(28)30)31(21-9-10-23-39-37(45)46-25-27-15-5-2-6-16-27)41-36(44)33-32(47-33)35(43)38-24-12-17-26-13-3-1-4-14-26/h1-8,11,13-16,18-20,22,31-33H,9-10,12,17,21,23-25H2,(H,38,43)(H,39,45)(H,40,42)(H,41,44)/t31-,32-,33-/m0/s1. The molecule has 1 saturated heterocycles. The lowest BCUT2D eigenvalue weighted by molar-refractivity contribution is -0.127. The Morgan fingerprint density at radius 2 is 1.34 bits per heavy atom. The lowest BCUT2D eigenvalue weighted by Gasteiger charge is -2.19. The molecule has 10 heteroatoms. The normalized spacial score (nSPS) is 15.7. The van der Waals surface area contributed by atoms with E-state index in [1.807, 2.05) is 103 Å². The van der Waals surface area contributed by atoms with Gasteiger partial charge < -0.3 is 30.7 Å². The van der Waals surface area contributed by atoms with E-state index >= 15 is 0 Å². The summed E-state index contributed by atoms with van der Waals surface area (Å²) in [6.45, 7) is 0.981. The number of alkyl carbamates (subject to hydrolysis) is 1. The van der Waals surface area contributed by atoms with Gasteiger partial charge in [0.15, 0.2) is 12.2 Å².